The number of carbonyl (C=O) groups is 1. The second-order valence-corrected chi connectivity index (χ2v) is 15.0. The molecule has 3 heterocycles. The molecule has 5 rings (SSSR count). The Morgan fingerprint density at radius 2 is 1.95 bits per heavy atom. The Balaban J connectivity index is 1.30. The number of halogens is 2. The van der Waals surface area contributed by atoms with E-state index < -0.39 is 27.8 Å². The zero-order chi connectivity index (χ0) is 31.3. The Hall–Kier alpha value is -2.15. The van der Waals surface area contributed by atoms with Gasteiger partial charge in [-0.05, 0) is 87.8 Å². The maximum absolute atomic E-state index is 15.2. The first-order valence-electron chi connectivity index (χ1n) is 15.9. The Morgan fingerprint density at radius 1 is 1.20 bits per heavy atom. The molecule has 1 aromatic heterocycles. The summed E-state index contributed by atoms with van der Waals surface area (Å²) in [5, 5.41) is 6.95. The predicted molar refractivity (Wildman–Crippen MR) is 171 cm³/mol. The smallest absolute Gasteiger partial charge is 0.241 e. The molecule has 4 N–H and O–H groups in total. The molecule has 12 heteroatoms. The number of nitrogens with one attached hydrogen (secondary N) is 2. The summed E-state index contributed by atoms with van der Waals surface area (Å²) >= 11 is 6.18. The van der Waals surface area contributed by atoms with Crippen LogP contribution in [-0.2, 0) is 26.0 Å². The van der Waals surface area contributed by atoms with Crippen molar-refractivity contribution in [2.24, 2.45) is 17.6 Å². The highest BCUT2D eigenvalue weighted by atomic mass is 35.5. The van der Waals surface area contributed by atoms with Crippen LogP contribution in [-0.4, -0.2) is 73.8 Å². The van der Waals surface area contributed by atoms with Gasteiger partial charge in [-0.15, -0.1) is 0 Å². The molecule has 2 aliphatic heterocycles. The minimum absolute atomic E-state index is 0.132. The number of nitrogens with two attached hydrogens (primary N) is 1. The number of rotatable bonds is 11. The quantitative estimate of drug-likeness (QED) is 0.328. The van der Waals surface area contributed by atoms with E-state index in [1.807, 2.05) is 31.2 Å². The van der Waals surface area contributed by atoms with Gasteiger partial charge in [0, 0.05) is 54.9 Å². The Morgan fingerprint density at radius 3 is 2.68 bits per heavy atom. The van der Waals surface area contributed by atoms with E-state index in [1.165, 1.54) is 6.20 Å². The van der Waals surface area contributed by atoms with E-state index in [2.05, 4.69) is 15.6 Å². The number of nitrogens with zero attached hydrogens (tertiary/aromatic N) is 2. The van der Waals surface area contributed by atoms with Gasteiger partial charge in [-0.3, -0.25) is 9.78 Å². The molecule has 9 nitrogen and oxygen atoms in total. The molecule has 5 unspecified atom stereocenters. The summed E-state index contributed by atoms with van der Waals surface area (Å²) in [4.78, 5) is 17.7. The average molecular weight is 650 g/mol. The number of fused-ring (bicyclic) bond motifs is 2. The summed E-state index contributed by atoms with van der Waals surface area (Å²) < 4.78 is 48.3. The van der Waals surface area contributed by atoms with Gasteiger partial charge in [-0.25, -0.2) is 12.8 Å². The van der Waals surface area contributed by atoms with E-state index in [0.717, 1.165) is 50.5 Å². The van der Waals surface area contributed by atoms with Crippen molar-refractivity contribution >= 4 is 33.2 Å². The van der Waals surface area contributed by atoms with E-state index in [-0.39, 0.29) is 41.8 Å². The average Bonchev–Trinajstić information content (AvgIpc) is 3.13. The molecule has 242 valence electrons. The molecule has 2 bridgehead atoms. The lowest BCUT2D eigenvalue weighted by molar-refractivity contribution is -0.118. The lowest BCUT2D eigenvalue weighted by Gasteiger charge is -2.37. The van der Waals surface area contributed by atoms with Crippen LogP contribution >= 0.6 is 11.6 Å². The SMILES string of the molecule is CCOCC1CCC(C(c2ccc(Cl)cc2)C(N)C(=O)Nc2cncc(F)c2CCC2CNC3CCCS(=O)(=O)N2C3)CC1. The van der Waals surface area contributed by atoms with Crippen molar-refractivity contribution in [2.75, 3.05) is 37.4 Å². The Labute approximate surface area is 265 Å². The number of benzene rings is 1. The predicted octanol–water partition coefficient (Wildman–Crippen LogP) is 4.47. The molecular formula is C32H45ClFN5O4S. The van der Waals surface area contributed by atoms with E-state index in [0.29, 0.717) is 49.0 Å². The number of aromatic nitrogens is 1. The van der Waals surface area contributed by atoms with Gasteiger partial charge in [0.05, 0.1) is 29.9 Å². The molecule has 2 aromatic rings. The fraction of sp³-hybridized carbons (Fsp3) is 0.625. The molecular weight excluding hydrogens is 605 g/mol. The second-order valence-electron chi connectivity index (χ2n) is 12.5. The summed E-state index contributed by atoms with van der Waals surface area (Å²) in [5.41, 5.74) is 8.25. The van der Waals surface area contributed by atoms with Crippen molar-refractivity contribution in [2.45, 2.75) is 82.3 Å². The van der Waals surface area contributed by atoms with E-state index >= 15 is 4.39 Å². The summed E-state index contributed by atoms with van der Waals surface area (Å²) in [6.45, 7) is 4.39. The third-order valence-electron chi connectivity index (χ3n) is 9.65. The third kappa shape index (κ3) is 7.97. The van der Waals surface area contributed by atoms with Crippen molar-refractivity contribution in [3.05, 3.63) is 58.6 Å². The molecule has 3 aliphatic rings. The van der Waals surface area contributed by atoms with Crippen LogP contribution in [0, 0.1) is 17.7 Å². The Kier molecular flexibility index (Phi) is 11.3. The number of ether oxygens (including phenoxy) is 1. The van der Waals surface area contributed by atoms with Crippen molar-refractivity contribution in [1.29, 1.82) is 0 Å². The van der Waals surface area contributed by atoms with Gasteiger partial charge >= 0.3 is 0 Å². The van der Waals surface area contributed by atoms with E-state index in [9.17, 15) is 13.2 Å². The van der Waals surface area contributed by atoms with E-state index in [4.69, 9.17) is 22.1 Å². The highest BCUT2D eigenvalue weighted by Gasteiger charge is 2.39. The van der Waals surface area contributed by atoms with Crippen molar-refractivity contribution < 1.29 is 22.3 Å². The first-order chi connectivity index (χ1) is 21.2. The van der Waals surface area contributed by atoms with Crippen LogP contribution in [0.1, 0.15) is 68.9 Å². The highest BCUT2D eigenvalue weighted by Crippen LogP contribution is 2.40. The maximum atomic E-state index is 15.2. The first-order valence-corrected chi connectivity index (χ1v) is 17.9. The zero-order valence-corrected chi connectivity index (χ0v) is 27.0. The van der Waals surface area contributed by atoms with Crippen molar-refractivity contribution in [3.63, 3.8) is 0 Å². The monoisotopic (exact) mass is 649 g/mol. The van der Waals surface area contributed by atoms with Crippen LogP contribution in [0.5, 0.6) is 0 Å². The standard InChI is InChI=1S/C32H45ClFN5O4S/c1-2-43-20-21-5-7-22(8-6-21)30(23-9-11-24(33)12-10-23)31(35)32(40)38-29-18-36-17-28(34)27(29)14-13-26-16-37-25-4-3-15-44(41,42)39(26)19-25/h9-12,17-18,21-22,25-26,30-31,37H,2-8,13-16,19-20,35H2,1H3,(H,38,40). The van der Waals surface area contributed by atoms with Gasteiger partial charge in [-0.2, -0.15) is 4.31 Å². The molecule has 44 heavy (non-hydrogen) atoms. The number of hydrogen-bond acceptors (Lipinski definition) is 7. The van der Waals surface area contributed by atoms with Gasteiger partial charge in [-0.1, -0.05) is 23.7 Å². The zero-order valence-electron chi connectivity index (χ0n) is 25.4. The normalized spacial score (nSPS) is 28.0. The maximum Gasteiger partial charge on any atom is 0.241 e. The molecule has 0 spiro atoms. The molecule has 1 aromatic carbocycles. The third-order valence-corrected chi connectivity index (χ3v) is 11.9. The largest absolute Gasteiger partial charge is 0.381 e. The number of piperazine rings is 1. The molecule has 1 amide bonds. The molecule has 1 saturated carbocycles. The number of pyridine rings is 1. The van der Waals surface area contributed by atoms with Crippen molar-refractivity contribution in [3.8, 4) is 0 Å². The summed E-state index contributed by atoms with van der Waals surface area (Å²) in [7, 11) is -3.37. The Bertz CT molecular complexity index is 1370. The van der Waals surface area contributed by atoms with Gasteiger partial charge in [0.2, 0.25) is 15.9 Å². The number of amides is 1. The number of carbonyl (C=O) groups excluding carboxylic acids is 1. The van der Waals surface area contributed by atoms with Gasteiger partial charge < -0.3 is 21.1 Å². The minimum atomic E-state index is -3.37. The number of hydrogen-bond donors (Lipinski definition) is 3. The van der Waals surface area contributed by atoms with Crippen LogP contribution < -0.4 is 16.4 Å². The van der Waals surface area contributed by atoms with Gasteiger partial charge in [0.15, 0.2) is 0 Å². The van der Waals surface area contributed by atoms with Gasteiger partial charge in [0.1, 0.15) is 5.82 Å². The number of sulfonamides is 1. The molecule has 5 atom stereocenters. The first kappa shape index (κ1) is 33.2. The lowest BCUT2D eigenvalue weighted by atomic mass is 9.71. The number of anilines is 1. The van der Waals surface area contributed by atoms with E-state index in [1.54, 1.807) is 4.31 Å². The minimum Gasteiger partial charge on any atom is -0.381 e. The summed E-state index contributed by atoms with van der Waals surface area (Å²) in [6.07, 6.45) is 8.53. The highest BCUT2D eigenvalue weighted by molar-refractivity contribution is 7.89. The fourth-order valence-corrected chi connectivity index (χ4v) is 9.15. The topological polar surface area (TPSA) is 127 Å². The summed E-state index contributed by atoms with van der Waals surface area (Å²) in [5.74, 6) is -0.380. The second kappa shape index (κ2) is 15.0. The molecule has 1 aliphatic carbocycles. The molecule has 0 radical (unpaired) electrons. The van der Waals surface area contributed by atoms with Crippen molar-refractivity contribution in [1.82, 2.24) is 14.6 Å². The van der Waals surface area contributed by atoms with Crippen LogP contribution in [0.4, 0.5) is 10.1 Å². The van der Waals surface area contributed by atoms with Crippen LogP contribution in [0.3, 0.4) is 0 Å². The van der Waals surface area contributed by atoms with Crippen LogP contribution in [0.2, 0.25) is 5.02 Å². The van der Waals surface area contributed by atoms with Crippen LogP contribution in [0.25, 0.3) is 0 Å². The van der Waals surface area contributed by atoms with Crippen LogP contribution in [0.15, 0.2) is 36.7 Å². The lowest BCUT2D eigenvalue weighted by Crippen LogP contribution is -2.57. The molecule has 3 fully saturated rings. The molecule has 2 saturated heterocycles. The fourth-order valence-electron chi connectivity index (χ4n) is 7.21. The van der Waals surface area contributed by atoms with Gasteiger partial charge in [0.25, 0.3) is 0 Å². The summed E-state index contributed by atoms with van der Waals surface area (Å²) in [6, 6.07) is 6.46.